The van der Waals surface area contributed by atoms with Gasteiger partial charge in [-0.2, -0.15) is 0 Å². The molecule has 0 aliphatic carbocycles. The third-order valence-corrected chi connectivity index (χ3v) is 3.60. The van der Waals surface area contributed by atoms with Crippen molar-refractivity contribution in [2.24, 2.45) is 5.41 Å². The average Bonchev–Trinajstić information content (AvgIpc) is 2.36. The van der Waals surface area contributed by atoms with Crippen LogP contribution in [0.4, 0.5) is 5.69 Å². The van der Waals surface area contributed by atoms with Gasteiger partial charge in [-0.15, -0.1) is 0 Å². The lowest BCUT2D eigenvalue weighted by Crippen LogP contribution is -2.29. The monoisotopic (exact) mass is 301 g/mol. The van der Waals surface area contributed by atoms with Crippen LogP contribution in [0.2, 0.25) is 0 Å². The first kappa shape index (κ1) is 14.3. The van der Waals surface area contributed by atoms with E-state index >= 15 is 0 Å². The van der Waals surface area contributed by atoms with Crippen molar-refractivity contribution in [1.29, 1.82) is 0 Å². The van der Waals surface area contributed by atoms with E-state index in [2.05, 4.69) is 35.1 Å². The summed E-state index contributed by atoms with van der Waals surface area (Å²) in [5.74, 6) is 0.810. The number of hydrogen-bond donors (Lipinski definition) is 2. The Kier molecular flexibility index (Phi) is 5.28. The fraction of sp³-hybridized carbons (Fsp3) is 0.538. The molecule has 2 N–H and O–H groups in total. The van der Waals surface area contributed by atoms with E-state index in [0.717, 1.165) is 22.3 Å². The van der Waals surface area contributed by atoms with E-state index in [1.165, 1.54) is 0 Å². The molecule has 0 aromatic heterocycles. The van der Waals surface area contributed by atoms with Crippen molar-refractivity contribution in [3.63, 3.8) is 0 Å². The van der Waals surface area contributed by atoms with E-state index < -0.39 is 0 Å². The van der Waals surface area contributed by atoms with Gasteiger partial charge < -0.3 is 15.2 Å². The highest BCUT2D eigenvalue weighted by Gasteiger charge is 2.21. The SMILES string of the molecule is CCC(C)(CO)CNc1cc(Br)ccc1OC. The lowest BCUT2D eigenvalue weighted by atomic mass is 9.88. The van der Waals surface area contributed by atoms with Crippen LogP contribution in [0.5, 0.6) is 5.75 Å². The molecule has 0 fully saturated rings. The molecular formula is C13H20BrNO2. The number of rotatable bonds is 6. The number of ether oxygens (including phenoxy) is 1. The fourth-order valence-electron chi connectivity index (χ4n) is 1.42. The zero-order valence-electron chi connectivity index (χ0n) is 10.6. The molecule has 0 saturated carbocycles. The van der Waals surface area contributed by atoms with E-state index in [1.54, 1.807) is 7.11 Å². The molecule has 0 heterocycles. The summed E-state index contributed by atoms with van der Waals surface area (Å²) >= 11 is 3.44. The molecule has 1 atom stereocenters. The van der Waals surface area contributed by atoms with Crippen molar-refractivity contribution in [3.8, 4) is 5.75 Å². The number of nitrogens with one attached hydrogen (secondary N) is 1. The quantitative estimate of drug-likeness (QED) is 0.847. The molecule has 4 heteroatoms. The molecule has 0 radical (unpaired) electrons. The molecule has 0 spiro atoms. The summed E-state index contributed by atoms with van der Waals surface area (Å²) in [6.07, 6.45) is 0.923. The smallest absolute Gasteiger partial charge is 0.142 e. The van der Waals surface area contributed by atoms with Gasteiger partial charge in [-0.1, -0.05) is 29.8 Å². The zero-order valence-corrected chi connectivity index (χ0v) is 12.2. The number of anilines is 1. The number of aliphatic hydroxyl groups excluding tert-OH is 1. The lowest BCUT2D eigenvalue weighted by Gasteiger charge is -2.26. The highest BCUT2D eigenvalue weighted by atomic mass is 79.9. The molecule has 1 aromatic carbocycles. The van der Waals surface area contributed by atoms with Crippen molar-refractivity contribution >= 4 is 21.6 Å². The molecule has 1 aromatic rings. The van der Waals surface area contributed by atoms with Gasteiger partial charge in [-0.3, -0.25) is 0 Å². The Balaban J connectivity index is 2.77. The minimum absolute atomic E-state index is 0.104. The van der Waals surface area contributed by atoms with E-state index in [4.69, 9.17) is 4.74 Å². The molecule has 1 rings (SSSR count). The number of halogens is 1. The molecule has 0 amide bonds. The summed E-state index contributed by atoms with van der Waals surface area (Å²) in [6.45, 7) is 5.03. The topological polar surface area (TPSA) is 41.5 Å². The van der Waals surface area contributed by atoms with Crippen molar-refractivity contribution in [2.45, 2.75) is 20.3 Å². The Morgan fingerprint density at radius 3 is 2.71 bits per heavy atom. The first-order valence-corrected chi connectivity index (χ1v) is 6.52. The van der Waals surface area contributed by atoms with Crippen molar-refractivity contribution in [1.82, 2.24) is 0 Å². The number of aliphatic hydroxyl groups is 1. The molecule has 0 aliphatic rings. The maximum atomic E-state index is 9.36. The maximum absolute atomic E-state index is 9.36. The molecule has 1 unspecified atom stereocenters. The summed E-state index contributed by atoms with van der Waals surface area (Å²) in [7, 11) is 1.65. The van der Waals surface area contributed by atoms with Gasteiger partial charge in [-0.05, 0) is 24.6 Å². The number of methoxy groups -OCH3 is 1. The Morgan fingerprint density at radius 2 is 2.18 bits per heavy atom. The fourth-order valence-corrected chi connectivity index (χ4v) is 1.78. The third-order valence-electron chi connectivity index (χ3n) is 3.10. The second-order valence-electron chi connectivity index (χ2n) is 4.52. The third kappa shape index (κ3) is 3.89. The predicted molar refractivity (Wildman–Crippen MR) is 74.7 cm³/mol. The summed E-state index contributed by atoms with van der Waals surface area (Å²) in [5.41, 5.74) is 0.836. The van der Waals surface area contributed by atoms with Crippen LogP contribution in [0.1, 0.15) is 20.3 Å². The van der Waals surface area contributed by atoms with Crippen LogP contribution in [0.15, 0.2) is 22.7 Å². The van der Waals surface area contributed by atoms with Gasteiger partial charge in [-0.25, -0.2) is 0 Å². The largest absolute Gasteiger partial charge is 0.495 e. The lowest BCUT2D eigenvalue weighted by molar-refractivity contribution is 0.149. The standard InChI is InChI=1S/C13H20BrNO2/c1-4-13(2,9-16)8-15-11-7-10(14)5-6-12(11)17-3/h5-7,15-16H,4,8-9H2,1-3H3. The van der Waals surface area contributed by atoms with Gasteiger partial charge in [0.1, 0.15) is 5.75 Å². The molecular weight excluding hydrogens is 282 g/mol. The molecule has 0 bridgehead atoms. The van der Waals surface area contributed by atoms with Gasteiger partial charge in [0.2, 0.25) is 0 Å². The first-order chi connectivity index (χ1) is 8.04. The Morgan fingerprint density at radius 1 is 1.47 bits per heavy atom. The maximum Gasteiger partial charge on any atom is 0.142 e. The normalized spacial score (nSPS) is 14.2. The minimum Gasteiger partial charge on any atom is -0.495 e. The van der Waals surface area contributed by atoms with Crippen molar-refractivity contribution in [3.05, 3.63) is 22.7 Å². The Hall–Kier alpha value is -0.740. The molecule has 0 saturated heterocycles. The van der Waals surface area contributed by atoms with Crippen LogP contribution in [-0.4, -0.2) is 25.4 Å². The summed E-state index contributed by atoms with van der Waals surface area (Å²) < 4.78 is 6.29. The van der Waals surface area contributed by atoms with E-state index in [1.807, 2.05) is 18.2 Å². The van der Waals surface area contributed by atoms with Crippen LogP contribution in [0, 0.1) is 5.41 Å². The van der Waals surface area contributed by atoms with Crippen LogP contribution < -0.4 is 10.1 Å². The van der Waals surface area contributed by atoms with E-state index in [0.29, 0.717) is 6.54 Å². The van der Waals surface area contributed by atoms with Gasteiger partial charge in [0.15, 0.2) is 0 Å². The first-order valence-electron chi connectivity index (χ1n) is 5.73. The molecule has 0 aliphatic heterocycles. The van der Waals surface area contributed by atoms with E-state index in [9.17, 15) is 5.11 Å². The van der Waals surface area contributed by atoms with Crippen molar-refractivity contribution < 1.29 is 9.84 Å². The van der Waals surface area contributed by atoms with Crippen LogP contribution in [0.25, 0.3) is 0 Å². The minimum atomic E-state index is -0.104. The summed E-state index contributed by atoms with van der Waals surface area (Å²) in [5, 5.41) is 12.7. The van der Waals surface area contributed by atoms with Gasteiger partial charge >= 0.3 is 0 Å². The van der Waals surface area contributed by atoms with Crippen LogP contribution in [0.3, 0.4) is 0 Å². The molecule has 17 heavy (non-hydrogen) atoms. The van der Waals surface area contributed by atoms with Gasteiger partial charge in [0.25, 0.3) is 0 Å². The van der Waals surface area contributed by atoms with Crippen molar-refractivity contribution in [2.75, 3.05) is 25.6 Å². The Labute approximate surface area is 111 Å². The van der Waals surface area contributed by atoms with Gasteiger partial charge in [0, 0.05) is 16.4 Å². The highest BCUT2D eigenvalue weighted by molar-refractivity contribution is 9.10. The highest BCUT2D eigenvalue weighted by Crippen LogP contribution is 2.29. The van der Waals surface area contributed by atoms with E-state index in [-0.39, 0.29) is 12.0 Å². The average molecular weight is 302 g/mol. The number of hydrogen-bond acceptors (Lipinski definition) is 3. The summed E-state index contributed by atoms with van der Waals surface area (Å²) in [4.78, 5) is 0. The Bertz CT molecular complexity index is 364. The van der Waals surface area contributed by atoms with Crippen LogP contribution >= 0.6 is 15.9 Å². The van der Waals surface area contributed by atoms with Crippen LogP contribution in [-0.2, 0) is 0 Å². The van der Waals surface area contributed by atoms with Gasteiger partial charge in [0.05, 0.1) is 19.4 Å². The molecule has 3 nitrogen and oxygen atoms in total. The second kappa shape index (κ2) is 6.26. The predicted octanol–water partition coefficient (Wildman–Crippen LogP) is 3.28. The zero-order chi connectivity index (χ0) is 12.9. The second-order valence-corrected chi connectivity index (χ2v) is 5.44. The number of benzene rings is 1. The molecule has 96 valence electrons. The summed E-state index contributed by atoms with van der Waals surface area (Å²) in [6, 6.07) is 5.83.